The first-order valence-corrected chi connectivity index (χ1v) is 12.6. The summed E-state index contributed by atoms with van der Waals surface area (Å²) in [4.78, 5) is 5.05. The van der Waals surface area contributed by atoms with E-state index < -0.39 is 5.79 Å². The normalized spacial score (nSPS) is 22.4. The lowest BCUT2D eigenvalue weighted by atomic mass is 9.89. The Kier molecular flexibility index (Phi) is 3.79. The van der Waals surface area contributed by atoms with E-state index in [0.29, 0.717) is 0 Å². The van der Waals surface area contributed by atoms with Crippen LogP contribution in [0.2, 0.25) is 0 Å². The Morgan fingerprint density at radius 2 is 1.61 bits per heavy atom. The van der Waals surface area contributed by atoms with Crippen molar-refractivity contribution >= 4 is 43.5 Å². The van der Waals surface area contributed by atoms with Gasteiger partial charge in [0, 0.05) is 29.5 Å². The minimum absolute atomic E-state index is 0.127. The van der Waals surface area contributed by atoms with E-state index in [-0.39, 0.29) is 18.0 Å². The van der Waals surface area contributed by atoms with Gasteiger partial charge in [0.25, 0.3) is 12.0 Å². The molecule has 3 heterocycles. The summed E-state index contributed by atoms with van der Waals surface area (Å²) in [5.41, 5.74) is 5.61. The fourth-order valence-electron chi connectivity index (χ4n) is 6.84. The van der Waals surface area contributed by atoms with E-state index in [1.54, 1.807) is 7.11 Å². The van der Waals surface area contributed by atoms with Crippen molar-refractivity contribution in [2.75, 3.05) is 7.11 Å². The van der Waals surface area contributed by atoms with Gasteiger partial charge in [-0.05, 0) is 40.6 Å². The number of aliphatic hydroxyl groups is 1. The second kappa shape index (κ2) is 6.69. The van der Waals surface area contributed by atoms with Crippen molar-refractivity contribution in [2.24, 2.45) is 0 Å². The van der Waals surface area contributed by atoms with Crippen LogP contribution in [0.3, 0.4) is 0 Å². The molecule has 1 aliphatic heterocycles. The largest absolute Gasteiger partial charge is 0.362 e. The number of benzene rings is 4. The molecular formula is C31H26N3O2+. The molecule has 1 saturated carbocycles. The lowest BCUT2D eigenvalue weighted by molar-refractivity contribution is -0.703. The van der Waals surface area contributed by atoms with Gasteiger partial charge in [-0.25, -0.2) is 4.57 Å². The highest BCUT2D eigenvalue weighted by Crippen LogP contribution is 2.64. The first-order chi connectivity index (χ1) is 17.5. The molecule has 0 bridgehead atoms. The van der Waals surface area contributed by atoms with Crippen LogP contribution in [-0.2, 0) is 4.74 Å². The second-order valence-electron chi connectivity index (χ2n) is 10.5. The summed E-state index contributed by atoms with van der Waals surface area (Å²) in [7, 11) is 1.60. The van der Waals surface area contributed by atoms with E-state index in [9.17, 15) is 5.11 Å². The van der Waals surface area contributed by atoms with Crippen LogP contribution in [0.25, 0.3) is 54.7 Å². The van der Waals surface area contributed by atoms with Gasteiger partial charge in [0.2, 0.25) is 5.79 Å². The molecule has 4 aromatic carbocycles. The molecule has 5 heteroatoms. The number of aromatic nitrogens is 3. The summed E-state index contributed by atoms with van der Waals surface area (Å²) in [5.74, 6) is -1.37. The number of nitrogens with zero attached hydrogens (tertiary/aromatic N) is 3. The highest BCUT2D eigenvalue weighted by atomic mass is 16.6. The lowest BCUT2D eigenvalue weighted by Crippen LogP contribution is -2.41. The molecule has 2 aromatic heterocycles. The summed E-state index contributed by atoms with van der Waals surface area (Å²) >= 11 is 0. The van der Waals surface area contributed by atoms with E-state index in [2.05, 4.69) is 95.8 Å². The van der Waals surface area contributed by atoms with Gasteiger partial charge in [0.15, 0.2) is 6.04 Å². The average Bonchev–Trinajstić information content (AvgIpc) is 3.38. The van der Waals surface area contributed by atoms with Crippen LogP contribution in [0.4, 0.5) is 0 Å². The van der Waals surface area contributed by atoms with Gasteiger partial charge in [-0.15, -0.1) is 0 Å². The zero-order valence-electron chi connectivity index (χ0n) is 20.4. The van der Waals surface area contributed by atoms with E-state index in [0.717, 1.165) is 22.3 Å². The Bertz CT molecular complexity index is 1900. The molecule has 6 aromatic rings. The standard InChI is InChI=1S/C31H26N3O2/c1-17(2)34-27-21-11-7-5-9-19(21)13-15-23(27)25-28-24-20-10-6-4-8-18(20)12-14-22(24)26-29(31(26,35)36-3)33(28)16-32-30(25)34/h4-17,26,29,35H,1-3H3/q+1. The highest BCUT2D eigenvalue weighted by molar-refractivity contribution is 6.21. The van der Waals surface area contributed by atoms with Crippen molar-refractivity contribution in [2.45, 2.75) is 37.6 Å². The van der Waals surface area contributed by atoms with Crippen LogP contribution < -0.4 is 4.57 Å². The minimum atomic E-state index is -1.24. The van der Waals surface area contributed by atoms with Crippen molar-refractivity contribution in [1.29, 1.82) is 0 Å². The molecular weight excluding hydrogens is 446 g/mol. The number of ether oxygens (including phenoxy) is 1. The predicted molar refractivity (Wildman–Crippen MR) is 142 cm³/mol. The molecule has 36 heavy (non-hydrogen) atoms. The molecule has 2 aliphatic rings. The van der Waals surface area contributed by atoms with Crippen LogP contribution in [0.15, 0.2) is 79.1 Å². The Morgan fingerprint density at radius 1 is 0.917 bits per heavy atom. The van der Waals surface area contributed by atoms with Crippen molar-refractivity contribution in [1.82, 2.24) is 9.55 Å². The second-order valence-corrected chi connectivity index (χ2v) is 10.5. The third-order valence-corrected chi connectivity index (χ3v) is 8.41. The third-order valence-electron chi connectivity index (χ3n) is 8.41. The van der Waals surface area contributed by atoms with Gasteiger partial charge in [0.1, 0.15) is 11.1 Å². The maximum atomic E-state index is 11.5. The summed E-state index contributed by atoms with van der Waals surface area (Å²) in [5, 5.41) is 18.6. The number of hydrogen-bond acceptors (Lipinski definition) is 3. The maximum absolute atomic E-state index is 11.5. The molecule has 3 unspecified atom stereocenters. The Labute approximate surface area is 208 Å². The molecule has 8 rings (SSSR count). The first-order valence-electron chi connectivity index (χ1n) is 12.6. The zero-order valence-corrected chi connectivity index (χ0v) is 20.4. The van der Waals surface area contributed by atoms with Crippen molar-refractivity contribution in [3.8, 4) is 11.3 Å². The number of hydrogen-bond donors (Lipinski definition) is 1. The highest BCUT2D eigenvalue weighted by Gasteiger charge is 2.73. The van der Waals surface area contributed by atoms with Gasteiger partial charge in [-0.1, -0.05) is 72.8 Å². The van der Waals surface area contributed by atoms with Crippen LogP contribution >= 0.6 is 0 Å². The van der Waals surface area contributed by atoms with Gasteiger partial charge < -0.3 is 14.4 Å². The molecule has 1 aliphatic carbocycles. The van der Waals surface area contributed by atoms with Crippen molar-refractivity contribution < 1.29 is 14.4 Å². The molecule has 0 spiro atoms. The monoisotopic (exact) mass is 472 g/mol. The Hall–Kier alpha value is -3.80. The molecule has 0 amide bonds. The van der Waals surface area contributed by atoms with E-state index >= 15 is 0 Å². The summed E-state index contributed by atoms with van der Waals surface area (Å²) in [6.45, 7) is 4.44. The summed E-state index contributed by atoms with van der Waals surface area (Å²) in [6.07, 6.45) is 1.91. The molecule has 176 valence electrons. The van der Waals surface area contributed by atoms with Gasteiger partial charge >= 0.3 is 0 Å². The third kappa shape index (κ3) is 2.28. The predicted octanol–water partition coefficient (Wildman–Crippen LogP) is 6.02. The van der Waals surface area contributed by atoms with Crippen molar-refractivity contribution in [3.63, 3.8) is 0 Å². The SMILES string of the molecule is COC1(O)C2c3ccc4ccccc4c3-c3c4c5ccc6ccccc6c5n(C(C)C)c4nc[n+]3C21. The van der Waals surface area contributed by atoms with Crippen LogP contribution in [-0.4, -0.2) is 27.6 Å². The van der Waals surface area contributed by atoms with Crippen LogP contribution in [0, 0.1) is 0 Å². The topological polar surface area (TPSA) is 51.2 Å². The lowest BCUT2D eigenvalue weighted by Gasteiger charge is -2.18. The molecule has 5 nitrogen and oxygen atoms in total. The Morgan fingerprint density at radius 3 is 2.36 bits per heavy atom. The van der Waals surface area contributed by atoms with Gasteiger partial charge in [0.05, 0.1) is 11.4 Å². The average molecular weight is 473 g/mol. The van der Waals surface area contributed by atoms with E-state index in [1.807, 2.05) is 6.33 Å². The number of rotatable bonds is 2. The maximum Gasteiger partial charge on any atom is 0.289 e. The molecule has 0 saturated heterocycles. The smallest absolute Gasteiger partial charge is 0.289 e. The molecule has 0 radical (unpaired) electrons. The van der Waals surface area contributed by atoms with E-state index in [1.165, 1.54) is 38.0 Å². The molecule has 3 atom stereocenters. The molecule has 1 fully saturated rings. The molecule has 1 N–H and O–H groups in total. The van der Waals surface area contributed by atoms with Gasteiger partial charge in [-0.2, -0.15) is 0 Å². The van der Waals surface area contributed by atoms with Crippen LogP contribution in [0.1, 0.15) is 37.4 Å². The van der Waals surface area contributed by atoms with Gasteiger partial charge in [-0.3, -0.25) is 0 Å². The minimum Gasteiger partial charge on any atom is -0.362 e. The number of fused-ring (bicyclic) bond motifs is 14. The zero-order chi connectivity index (χ0) is 24.3. The summed E-state index contributed by atoms with van der Waals surface area (Å²) < 4.78 is 10.3. The fourth-order valence-corrected chi connectivity index (χ4v) is 6.84. The Balaban J connectivity index is 1.63. The van der Waals surface area contributed by atoms with E-state index in [4.69, 9.17) is 9.72 Å². The fraction of sp³-hybridized carbons (Fsp3) is 0.226. The quantitative estimate of drug-likeness (QED) is 0.248. The van der Waals surface area contributed by atoms with Crippen molar-refractivity contribution in [3.05, 3.63) is 84.7 Å². The number of methoxy groups -OCH3 is 1. The summed E-state index contributed by atoms with van der Waals surface area (Å²) in [6, 6.07) is 25.9. The first kappa shape index (κ1) is 20.4. The van der Waals surface area contributed by atoms with Crippen LogP contribution in [0.5, 0.6) is 0 Å².